The lowest BCUT2D eigenvalue weighted by Gasteiger charge is -2.17. The summed E-state index contributed by atoms with van der Waals surface area (Å²) in [6.45, 7) is -0.212. The molecule has 0 unspecified atom stereocenters. The van der Waals surface area contributed by atoms with Crippen molar-refractivity contribution in [2.24, 2.45) is 0 Å². The Kier molecular flexibility index (Phi) is 6.24. The number of aliphatic hydroxyl groups excluding tert-OH is 1. The van der Waals surface area contributed by atoms with Crippen LogP contribution in [-0.2, 0) is 12.7 Å². The second kappa shape index (κ2) is 8.67. The van der Waals surface area contributed by atoms with Gasteiger partial charge in [-0.1, -0.05) is 48.0 Å². The number of rotatable bonds is 6. The van der Waals surface area contributed by atoms with Gasteiger partial charge in [0, 0.05) is 12.1 Å². The number of aromatic nitrogens is 2. The van der Waals surface area contributed by atoms with E-state index >= 15 is 0 Å². The first-order valence-corrected chi connectivity index (χ1v) is 8.94. The first-order chi connectivity index (χ1) is 13.8. The van der Waals surface area contributed by atoms with Crippen molar-refractivity contribution in [2.75, 3.05) is 13.2 Å². The Balaban J connectivity index is 2.17. The number of ether oxygens (including phenoxy) is 1. The zero-order valence-corrected chi connectivity index (χ0v) is 15.7. The van der Waals surface area contributed by atoms with Gasteiger partial charge in [0.2, 0.25) is 5.75 Å². The second-order valence-electron chi connectivity index (χ2n) is 6.08. The average molecular weight is 425 g/mol. The van der Waals surface area contributed by atoms with Gasteiger partial charge >= 0.3 is 11.7 Å². The Hall–Kier alpha value is -2.84. The second-order valence-corrected chi connectivity index (χ2v) is 6.46. The van der Waals surface area contributed by atoms with Gasteiger partial charge in [-0.05, 0) is 17.7 Å². The third kappa shape index (κ3) is 4.78. The monoisotopic (exact) mass is 424 g/mol. The molecule has 2 aromatic carbocycles. The molecular weight excluding hydrogens is 409 g/mol. The van der Waals surface area contributed by atoms with Crippen molar-refractivity contribution in [3.8, 4) is 17.1 Å². The smallest absolute Gasteiger partial charge is 0.417 e. The van der Waals surface area contributed by atoms with Crippen LogP contribution in [0.3, 0.4) is 0 Å². The fourth-order valence-corrected chi connectivity index (χ4v) is 3.08. The van der Waals surface area contributed by atoms with Gasteiger partial charge in [0.25, 0.3) is 0 Å². The highest BCUT2D eigenvalue weighted by atomic mass is 35.5. The lowest BCUT2D eigenvalue weighted by Crippen LogP contribution is -2.20. The van der Waals surface area contributed by atoms with Gasteiger partial charge in [-0.25, -0.2) is 0 Å². The molecule has 0 atom stereocenters. The molecule has 0 aliphatic heterocycles. The van der Waals surface area contributed by atoms with Crippen LogP contribution in [0, 0.1) is 0 Å². The Morgan fingerprint density at radius 3 is 2.48 bits per heavy atom. The summed E-state index contributed by atoms with van der Waals surface area (Å²) in [5.74, 6) is -0.145. The molecule has 0 radical (unpaired) electrons. The standard InChI is InChI=1S/C20H16ClF3N2O3/c21-17-14(7-4-8-15(17)20(22,23)24)18-25-19(28)16(29-10-9-27)12-26(18)11-13-5-2-1-3-6-13/h1-8,12,27H,9-11H2. The van der Waals surface area contributed by atoms with Crippen molar-refractivity contribution in [1.82, 2.24) is 9.55 Å². The quantitative estimate of drug-likeness (QED) is 0.649. The summed E-state index contributed by atoms with van der Waals surface area (Å²) in [7, 11) is 0. The minimum Gasteiger partial charge on any atom is -0.484 e. The molecule has 1 aromatic heterocycles. The van der Waals surface area contributed by atoms with Crippen molar-refractivity contribution < 1.29 is 23.0 Å². The fourth-order valence-electron chi connectivity index (χ4n) is 2.77. The van der Waals surface area contributed by atoms with Gasteiger partial charge in [-0.15, -0.1) is 0 Å². The van der Waals surface area contributed by atoms with Crippen LogP contribution in [0.15, 0.2) is 59.5 Å². The maximum atomic E-state index is 13.3. The lowest BCUT2D eigenvalue weighted by atomic mass is 10.1. The minimum atomic E-state index is -4.65. The number of benzene rings is 2. The molecule has 0 saturated carbocycles. The van der Waals surface area contributed by atoms with Crippen LogP contribution in [0.1, 0.15) is 11.1 Å². The molecule has 0 amide bonds. The van der Waals surface area contributed by atoms with E-state index in [0.29, 0.717) is 0 Å². The van der Waals surface area contributed by atoms with Crippen molar-refractivity contribution in [2.45, 2.75) is 12.7 Å². The van der Waals surface area contributed by atoms with Gasteiger partial charge in [0.1, 0.15) is 12.4 Å². The summed E-state index contributed by atoms with van der Waals surface area (Å²) in [5, 5.41) is 8.38. The zero-order valence-electron chi connectivity index (χ0n) is 15.0. The van der Waals surface area contributed by atoms with Crippen LogP contribution in [0.25, 0.3) is 11.4 Å². The summed E-state index contributed by atoms with van der Waals surface area (Å²) in [6, 6.07) is 12.5. The molecule has 0 aliphatic carbocycles. The Bertz CT molecular complexity index is 1050. The Morgan fingerprint density at radius 1 is 1.10 bits per heavy atom. The van der Waals surface area contributed by atoms with E-state index in [-0.39, 0.29) is 36.9 Å². The van der Waals surface area contributed by atoms with Gasteiger partial charge in [-0.3, -0.25) is 4.79 Å². The summed E-state index contributed by atoms with van der Waals surface area (Å²) in [4.78, 5) is 16.2. The summed E-state index contributed by atoms with van der Waals surface area (Å²) < 4.78 is 46.5. The van der Waals surface area contributed by atoms with Crippen molar-refractivity contribution in [1.29, 1.82) is 0 Å². The van der Waals surface area contributed by atoms with E-state index in [9.17, 15) is 18.0 Å². The molecule has 0 bridgehead atoms. The summed E-state index contributed by atoms with van der Waals surface area (Å²) >= 11 is 6.04. The molecule has 1 N–H and O–H groups in total. The highest BCUT2D eigenvalue weighted by Gasteiger charge is 2.34. The molecule has 3 aromatic rings. The third-order valence-electron chi connectivity index (χ3n) is 4.05. The zero-order chi connectivity index (χ0) is 21.0. The number of hydrogen-bond acceptors (Lipinski definition) is 4. The molecule has 152 valence electrons. The van der Waals surface area contributed by atoms with Crippen molar-refractivity contribution >= 4 is 11.6 Å². The van der Waals surface area contributed by atoms with E-state index in [2.05, 4.69) is 4.98 Å². The average Bonchev–Trinajstić information content (AvgIpc) is 2.68. The van der Waals surface area contributed by atoms with Crippen molar-refractivity contribution in [3.63, 3.8) is 0 Å². The largest absolute Gasteiger partial charge is 0.484 e. The summed E-state index contributed by atoms with van der Waals surface area (Å²) in [5.41, 5.74) is -0.984. The molecule has 29 heavy (non-hydrogen) atoms. The van der Waals surface area contributed by atoms with E-state index in [1.54, 1.807) is 0 Å². The van der Waals surface area contributed by atoms with Crippen LogP contribution < -0.4 is 10.3 Å². The van der Waals surface area contributed by atoms with Crippen LogP contribution >= 0.6 is 11.6 Å². The van der Waals surface area contributed by atoms with E-state index in [1.165, 1.54) is 22.9 Å². The molecule has 0 saturated heterocycles. The van der Waals surface area contributed by atoms with Crippen LogP contribution in [-0.4, -0.2) is 27.9 Å². The Labute approximate surface area is 169 Å². The number of alkyl halides is 3. The van der Waals surface area contributed by atoms with E-state index in [1.807, 2.05) is 30.3 Å². The minimum absolute atomic E-state index is 0.0219. The molecular formula is C20H16ClF3N2O3. The lowest BCUT2D eigenvalue weighted by molar-refractivity contribution is -0.137. The van der Waals surface area contributed by atoms with E-state index < -0.39 is 22.3 Å². The predicted octanol–water partition coefficient (Wildman–Crippen LogP) is 4.00. The highest BCUT2D eigenvalue weighted by Crippen LogP contribution is 2.39. The van der Waals surface area contributed by atoms with Gasteiger partial charge in [0.15, 0.2) is 0 Å². The molecule has 5 nitrogen and oxygen atoms in total. The SMILES string of the molecule is O=c1nc(-c2cccc(C(F)(F)F)c2Cl)n(Cc2ccccc2)cc1OCCO. The number of hydrogen-bond donors (Lipinski definition) is 1. The first kappa shape index (κ1) is 20.9. The van der Waals surface area contributed by atoms with Gasteiger partial charge in [-0.2, -0.15) is 18.2 Å². The molecule has 3 rings (SSSR count). The number of nitrogens with zero attached hydrogens (tertiary/aromatic N) is 2. The maximum absolute atomic E-state index is 13.3. The fraction of sp³-hybridized carbons (Fsp3) is 0.200. The normalized spacial score (nSPS) is 11.5. The topological polar surface area (TPSA) is 64.4 Å². The predicted molar refractivity (Wildman–Crippen MR) is 102 cm³/mol. The van der Waals surface area contributed by atoms with Gasteiger partial charge in [0.05, 0.1) is 23.4 Å². The van der Waals surface area contributed by atoms with Crippen LogP contribution in [0.2, 0.25) is 5.02 Å². The van der Waals surface area contributed by atoms with Crippen LogP contribution in [0.4, 0.5) is 13.2 Å². The number of halogens is 4. The molecule has 0 fully saturated rings. The third-order valence-corrected chi connectivity index (χ3v) is 4.46. The maximum Gasteiger partial charge on any atom is 0.417 e. The first-order valence-electron chi connectivity index (χ1n) is 8.56. The van der Waals surface area contributed by atoms with Gasteiger partial charge < -0.3 is 14.4 Å². The summed E-state index contributed by atoms with van der Waals surface area (Å²) in [6.07, 6.45) is -3.30. The van der Waals surface area contributed by atoms with Crippen LogP contribution in [0.5, 0.6) is 5.75 Å². The molecule has 9 heteroatoms. The van der Waals surface area contributed by atoms with E-state index in [4.69, 9.17) is 21.4 Å². The van der Waals surface area contributed by atoms with E-state index in [0.717, 1.165) is 11.6 Å². The highest BCUT2D eigenvalue weighted by molar-refractivity contribution is 6.34. The number of aliphatic hydroxyl groups is 1. The Morgan fingerprint density at radius 2 is 1.83 bits per heavy atom. The molecule has 1 heterocycles. The molecule has 0 aliphatic rings. The molecule has 0 spiro atoms. The van der Waals surface area contributed by atoms with Crippen molar-refractivity contribution in [3.05, 3.63) is 81.2 Å².